The molecule has 0 saturated carbocycles. The highest BCUT2D eigenvalue weighted by atomic mass is 14.9. The summed E-state index contributed by atoms with van der Waals surface area (Å²) in [4.78, 5) is 0. The zero-order valence-electron chi connectivity index (χ0n) is 10.9. The standard InChI is InChI=1S/C14H24N2/c1-11(2)9-14(3,4)10-16-13-8-6-5-7-12(13)15/h5-8,11,16H,9-10,15H2,1-4H3. The summed E-state index contributed by atoms with van der Waals surface area (Å²) in [7, 11) is 0. The van der Waals surface area contributed by atoms with E-state index >= 15 is 0 Å². The molecule has 1 aromatic carbocycles. The van der Waals surface area contributed by atoms with Crippen molar-refractivity contribution in [3.63, 3.8) is 0 Å². The Morgan fingerprint density at radius 2 is 1.88 bits per heavy atom. The molecule has 0 fully saturated rings. The minimum absolute atomic E-state index is 0.302. The van der Waals surface area contributed by atoms with Gasteiger partial charge in [0, 0.05) is 6.54 Å². The molecule has 0 spiro atoms. The quantitative estimate of drug-likeness (QED) is 0.742. The van der Waals surface area contributed by atoms with Gasteiger partial charge in [0.05, 0.1) is 11.4 Å². The van der Waals surface area contributed by atoms with Crippen LogP contribution >= 0.6 is 0 Å². The van der Waals surface area contributed by atoms with Crippen LogP contribution in [-0.2, 0) is 0 Å². The number of hydrogen-bond donors (Lipinski definition) is 2. The maximum atomic E-state index is 5.89. The van der Waals surface area contributed by atoms with Crippen molar-refractivity contribution in [3.05, 3.63) is 24.3 Å². The first-order chi connectivity index (χ1) is 7.41. The molecule has 1 aromatic rings. The number of anilines is 2. The number of nitrogens with two attached hydrogens (primary N) is 1. The van der Waals surface area contributed by atoms with E-state index in [1.165, 1.54) is 6.42 Å². The molecule has 0 heterocycles. The van der Waals surface area contributed by atoms with Crippen LogP contribution in [0.25, 0.3) is 0 Å². The van der Waals surface area contributed by atoms with Gasteiger partial charge in [-0.2, -0.15) is 0 Å². The van der Waals surface area contributed by atoms with Gasteiger partial charge >= 0.3 is 0 Å². The van der Waals surface area contributed by atoms with Gasteiger partial charge in [-0.05, 0) is 29.9 Å². The van der Waals surface area contributed by atoms with Gasteiger partial charge in [0.1, 0.15) is 0 Å². The predicted molar refractivity (Wildman–Crippen MR) is 72.6 cm³/mol. The van der Waals surface area contributed by atoms with Crippen LogP contribution in [0.1, 0.15) is 34.1 Å². The molecule has 0 unspecified atom stereocenters. The van der Waals surface area contributed by atoms with E-state index in [1.54, 1.807) is 0 Å². The summed E-state index contributed by atoms with van der Waals surface area (Å²) in [5, 5.41) is 3.43. The summed E-state index contributed by atoms with van der Waals surface area (Å²) in [5.74, 6) is 0.727. The topological polar surface area (TPSA) is 38.0 Å². The maximum Gasteiger partial charge on any atom is 0.0574 e. The lowest BCUT2D eigenvalue weighted by molar-refractivity contribution is 0.306. The first-order valence-electron chi connectivity index (χ1n) is 5.99. The fourth-order valence-electron chi connectivity index (χ4n) is 2.17. The lowest BCUT2D eigenvalue weighted by atomic mass is 9.84. The minimum Gasteiger partial charge on any atom is -0.397 e. The van der Waals surface area contributed by atoms with E-state index in [-0.39, 0.29) is 0 Å². The largest absolute Gasteiger partial charge is 0.397 e. The molecule has 0 atom stereocenters. The Bertz CT molecular complexity index is 329. The van der Waals surface area contributed by atoms with Crippen LogP contribution in [0.2, 0.25) is 0 Å². The number of para-hydroxylation sites is 2. The highest BCUT2D eigenvalue weighted by Gasteiger charge is 2.19. The molecule has 2 heteroatoms. The van der Waals surface area contributed by atoms with Gasteiger partial charge in [-0.3, -0.25) is 0 Å². The summed E-state index contributed by atoms with van der Waals surface area (Å²) >= 11 is 0. The van der Waals surface area contributed by atoms with Crippen LogP contribution in [0.15, 0.2) is 24.3 Å². The Kier molecular flexibility index (Phi) is 4.22. The lowest BCUT2D eigenvalue weighted by Gasteiger charge is -2.27. The normalized spacial score (nSPS) is 11.8. The van der Waals surface area contributed by atoms with E-state index in [1.807, 2.05) is 24.3 Å². The highest BCUT2D eigenvalue weighted by Crippen LogP contribution is 2.26. The second-order valence-electron chi connectivity index (χ2n) is 5.70. The summed E-state index contributed by atoms with van der Waals surface area (Å²) in [6.45, 7) is 10.1. The third kappa shape index (κ3) is 4.13. The van der Waals surface area contributed by atoms with Crippen molar-refractivity contribution in [2.75, 3.05) is 17.6 Å². The van der Waals surface area contributed by atoms with E-state index in [9.17, 15) is 0 Å². The Morgan fingerprint density at radius 1 is 1.25 bits per heavy atom. The van der Waals surface area contributed by atoms with Gasteiger partial charge in [-0.1, -0.05) is 39.8 Å². The molecule has 1 rings (SSSR count). The third-order valence-corrected chi connectivity index (χ3v) is 2.68. The van der Waals surface area contributed by atoms with Crippen LogP contribution in [0.3, 0.4) is 0 Å². The zero-order valence-corrected chi connectivity index (χ0v) is 10.9. The molecule has 16 heavy (non-hydrogen) atoms. The highest BCUT2D eigenvalue weighted by molar-refractivity contribution is 5.65. The van der Waals surface area contributed by atoms with Crippen LogP contribution in [-0.4, -0.2) is 6.54 Å². The van der Waals surface area contributed by atoms with E-state index in [2.05, 4.69) is 33.0 Å². The first-order valence-corrected chi connectivity index (χ1v) is 5.99. The fourth-order valence-corrected chi connectivity index (χ4v) is 2.17. The molecule has 0 radical (unpaired) electrons. The van der Waals surface area contributed by atoms with Gasteiger partial charge in [0.25, 0.3) is 0 Å². The molecule has 0 aliphatic carbocycles. The van der Waals surface area contributed by atoms with Crippen LogP contribution in [0.4, 0.5) is 11.4 Å². The first kappa shape index (κ1) is 12.9. The van der Waals surface area contributed by atoms with E-state index in [4.69, 9.17) is 5.73 Å². The van der Waals surface area contributed by atoms with Crippen molar-refractivity contribution < 1.29 is 0 Å². The molecular formula is C14H24N2. The van der Waals surface area contributed by atoms with Crippen molar-refractivity contribution in [2.45, 2.75) is 34.1 Å². The molecule has 0 aromatic heterocycles. The second kappa shape index (κ2) is 5.24. The van der Waals surface area contributed by atoms with Crippen LogP contribution in [0, 0.1) is 11.3 Å². The lowest BCUT2D eigenvalue weighted by Crippen LogP contribution is -2.25. The summed E-state index contributed by atoms with van der Waals surface area (Å²) < 4.78 is 0. The number of benzene rings is 1. The average Bonchev–Trinajstić information content (AvgIpc) is 2.14. The van der Waals surface area contributed by atoms with Crippen molar-refractivity contribution >= 4 is 11.4 Å². The molecule has 0 aliphatic rings. The van der Waals surface area contributed by atoms with Gasteiger partial charge < -0.3 is 11.1 Å². The zero-order chi connectivity index (χ0) is 12.2. The molecule has 0 saturated heterocycles. The van der Waals surface area contributed by atoms with Crippen LogP contribution in [0.5, 0.6) is 0 Å². The second-order valence-corrected chi connectivity index (χ2v) is 5.70. The Morgan fingerprint density at radius 3 is 2.44 bits per heavy atom. The van der Waals surface area contributed by atoms with Gasteiger partial charge in [-0.15, -0.1) is 0 Å². The van der Waals surface area contributed by atoms with Gasteiger partial charge in [0.2, 0.25) is 0 Å². The molecule has 0 aliphatic heterocycles. The molecule has 90 valence electrons. The van der Waals surface area contributed by atoms with Crippen LogP contribution < -0.4 is 11.1 Å². The summed E-state index contributed by atoms with van der Waals surface area (Å²) in [5.41, 5.74) is 8.05. The molecular weight excluding hydrogens is 196 g/mol. The maximum absolute atomic E-state index is 5.89. The Hall–Kier alpha value is -1.18. The average molecular weight is 220 g/mol. The molecule has 0 amide bonds. The van der Waals surface area contributed by atoms with Crippen molar-refractivity contribution in [2.24, 2.45) is 11.3 Å². The molecule has 2 nitrogen and oxygen atoms in total. The van der Waals surface area contributed by atoms with E-state index < -0.39 is 0 Å². The smallest absolute Gasteiger partial charge is 0.0574 e. The van der Waals surface area contributed by atoms with Gasteiger partial charge in [0.15, 0.2) is 0 Å². The van der Waals surface area contributed by atoms with E-state index in [0.717, 1.165) is 23.8 Å². The monoisotopic (exact) mass is 220 g/mol. The fraction of sp³-hybridized carbons (Fsp3) is 0.571. The third-order valence-electron chi connectivity index (χ3n) is 2.68. The van der Waals surface area contributed by atoms with E-state index in [0.29, 0.717) is 5.41 Å². The minimum atomic E-state index is 0.302. The number of hydrogen-bond acceptors (Lipinski definition) is 2. The summed E-state index contributed by atoms with van der Waals surface area (Å²) in [6, 6.07) is 7.92. The molecule has 0 bridgehead atoms. The van der Waals surface area contributed by atoms with Gasteiger partial charge in [-0.25, -0.2) is 0 Å². The summed E-state index contributed by atoms with van der Waals surface area (Å²) in [6.07, 6.45) is 1.22. The Balaban J connectivity index is 2.54. The Labute approximate surface area is 99.2 Å². The van der Waals surface area contributed by atoms with Crippen molar-refractivity contribution in [1.82, 2.24) is 0 Å². The number of nitrogen functional groups attached to an aromatic ring is 1. The number of nitrogens with one attached hydrogen (secondary N) is 1. The molecule has 3 N–H and O–H groups in total. The number of rotatable bonds is 5. The van der Waals surface area contributed by atoms with Crippen molar-refractivity contribution in [3.8, 4) is 0 Å². The van der Waals surface area contributed by atoms with Crippen molar-refractivity contribution in [1.29, 1.82) is 0 Å². The predicted octanol–water partition coefficient (Wildman–Crippen LogP) is 3.75. The SMILES string of the molecule is CC(C)CC(C)(C)CNc1ccccc1N.